The Kier molecular flexibility index (Phi) is 6.53. The number of anilines is 1. The van der Waals surface area contributed by atoms with Crippen LogP contribution in [0.1, 0.15) is 55.6 Å². The van der Waals surface area contributed by atoms with Crippen molar-refractivity contribution in [1.82, 2.24) is 25.1 Å². The third-order valence-electron chi connectivity index (χ3n) is 7.00. The number of aromatic nitrogens is 4. The molecule has 3 aromatic rings. The number of ether oxygens (including phenoxy) is 1. The molecule has 1 aliphatic carbocycles. The van der Waals surface area contributed by atoms with Crippen molar-refractivity contribution in [3.8, 4) is 5.75 Å². The Morgan fingerprint density at radius 3 is 2.36 bits per heavy atom. The van der Waals surface area contributed by atoms with Crippen molar-refractivity contribution >= 4 is 5.69 Å². The molecule has 33 heavy (non-hydrogen) atoms. The zero-order chi connectivity index (χ0) is 22.6. The fraction of sp³-hybridized carbons (Fsp3) is 0.480. The van der Waals surface area contributed by atoms with Gasteiger partial charge in [-0.25, -0.2) is 9.07 Å². The van der Waals surface area contributed by atoms with Gasteiger partial charge in [0.05, 0.1) is 13.2 Å². The summed E-state index contributed by atoms with van der Waals surface area (Å²) in [6.45, 7) is 3.29. The fourth-order valence-corrected chi connectivity index (χ4v) is 5.19. The molecule has 2 heterocycles. The number of methoxy groups -OCH3 is 1. The Bertz CT molecular complexity index is 1040. The number of nitrogens with zero attached hydrogens (tertiary/aromatic N) is 6. The van der Waals surface area contributed by atoms with Crippen molar-refractivity contribution in [2.75, 3.05) is 38.2 Å². The summed E-state index contributed by atoms with van der Waals surface area (Å²) in [5.41, 5.74) is 1.81. The molecular formula is C25H31FN6O. The predicted octanol–water partition coefficient (Wildman–Crippen LogP) is 4.24. The molecule has 5 rings (SSSR count). The molecule has 0 bridgehead atoms. The molecule has 0 spiro atoms. The van der Waals surface area contributed by atoms with E-state index in [1.165, 1.54) is 31.0 Å². The first kappa shape index (κ1) is 21.8. The van der Waals surface area contributed by atoms with Crippen molar-refractivity contribution < 1.29 is 9.13 Å². The quantitative estimate of drug-likeness (QED) is 0.560. The molecule has 7 nitrogen and oxygen atoms in total. The molecule has 1 saturated carbocycles. The van der Waals surface area contributed by atoms with Crippen LogP contribution in [0.2, 0.25) is 0 Å². The van der Waals surface area contributed by atoms with Crippen LogP contribution in [-0.2, 0) is 0 Å². The molecule has 1 unspecified atom stereocenters. The van der Waals surface area contributed by atoms with Crippen LogP contribution < -0.4 is 9.64 Å². The molecule has 1 saturated heterocycles. The minimum absolute atomic E-state index is 0.210. The summed E-state index contributed by atoms with van der Waals surface area (Å²) < 4.78 is 22.3. The summed E-state index contributed by atoms with van der Waals surface area (Å²) in [6, 6.07) is 15.2. The molecule has 8 heteroatoms. The first-order chi connectivity index (χ1) is 16.2. The van der Waals surface area contributed by atoms with Gasteiger partial charge in [0.25, 0.3) is 0 Å². The average molecular weight is 451 g/mol. The van der Waals surface area contributed by atoms with Crippen molar-refractivity contribution in [2.45, 2.75) is 44.2 Å². The average Bonchev–Trinajstić information content (AvgIpc) is 3.36. The number of benzene rings is 2. The number of rotatable bonds is 6. The number of tetrazole rings is 1. The summed E-state index contributed by atoms with van der Waals surface area (Å²) in [6.07, 6.45) is 5.79. The zero-order valence-corrected chi connectivity index (χ0v) is 19.1. The normalized spacial score (nSPS) is 18.9. The Morgan fingerprint density at radius 1 is 0.939 bits per heavy atom. The van der Waals surface area contributed by atoms with Crippen LogP contribution in [0, 0.1) is 5.82 Å². The maximum absolute atomic E-state index is 15.0. The summed E-state index contributed by atoms with van der Waals surface area (Å²) in [5, 5.41) is 12.9. The Hall–Kier alpha value is -3.00. The SMILES string of the molecule is COc1ccc(N2CCN(C(c3ccccc3F)c3nnnn3C3CCCCC3)CC2)cc1. The molecule has 1 atom stereocenters. The van der Waals surface area contributed by atoms with E-state index in [9.17, 15) is 0 Å². The first-order valence-electron chi connectivity index (χ1n) is 11.9. The number of hydrogen-bond donors (Lipinski definition) is 0. The summed E-state index contributed by atoms with van der Waals surface area (Å²) >= 11 is 0. The van der Waals surface area contributed by atoms with Gasteiger partial charge in [-0.15, -0.1) is 5.10 Å². The van der Waals surface area contributed by atoms with E-state index in [1.54, 1.807) is 13.2 Å². The Balaban J connectivity index is 1.41. The lowest BCUT2D eigenvalue weighted by Crippen LogP contribution is -2.48. The lowest BCUT2D eigenvalue weighted by molar-refractivity contribution is 0.190. The first-order valence-corrected chi connectivity index (χ1v) is 11.9. The molecule has 174 valence electrons. The van der Waals surface area contributed by atoms with E-state index in [0.29, 0.717) is 11.6 Å². The van der Waals surface area contributed by atoms with Gasteiger partial charge in [0.1, 0.15) is 17.6 Å². The molecule has 2 aromatic carbocycles. The van der Waals surface area contributed by atoms with E-state index in [4.69, 9.17) is 4.74 Å². The number of piperazine rings is 1. The monoisotopic (exact) mass is 450 g/mol. The second-order valence-electron chi connectivity index (χ2n) is 8.92. The van der Waals surface area contributed by atoms with E-state index in [-0.39, 0.29) is 11.9 Å². The highest BCUT2D eigenvalue weighted by Crippen LogP contribution is 2.35. The lowest BCUT2D eigenvalue weighted by Gasteiger charge is -2.40. The van der Waals surface area contributed by atoms with Crippen LogP contribution in [0.25, 0.3) is 0 Å². The summed E-state index contributed by atoms with van der Waals surface area (Å²) in [4.78, 5) is 4.68. The third-order valence-corrected chi connectivity index (χ3v) is 7.00. The van der Waals surface area contributed by atoms with Crippen molar-refractivity contribution in [1.29, 1.82) is 0 Å². The molecular weight excluding hydrogens is 419 g/mol. The number of hydrogen-bond acceptors (Lipinski definition) is 6. The van der Waals surface area contributed by atoms with Gasteiger partial charge in [-0.1, -0.05) is 37.5 Å². The second kappa shape index (κ2) is 9.87. The van der Waals surface area contributed by atoms with E-state index in [2.05, 4.69) is 37.5 Å². The van der Waals surface area contributed by atoms with Gasteiger partial charge < -0.3 is 9.64 Å². The topological polar surface area (TPSA) is 59.3 Å². The maximum atomic E-state index is 15.0. The molecule has 0 radical (unpaired) electrons. The van der Waals surface area contributed by atoms with Crippen LogP contribution >= 0.6 is 0 Å². The van der Waals surface area contributed by atoms with Gasteiger partial charge in [-0.3, -0.25) is 4.90 Å². The largest absolute Gasteiger partial charge is 0.497 e. The molecule has 2 fully saturated rings. The maximum Gasteiger partial charge on any atom is 0.173 e. The molecule has 0 amide bonds. The van der Waals surface area contributed by atoms with E-state index < -0.39 is 0 Å². The minimum atomic E-state index is -0.304. The summed E-state index contributed by atoms with van der Waals surface area (Å²) in [7, 11) is 1.68. The van der Waals surface area contributed by atoms with Crippen LogP contribution in [0.4, 0.5) is 10.1 Å². The van der Waals surface area contributed by atoms with Gasteiger partial charge in [-0.05, 0) is 53.6 Å². The second-order valence-corrected chi connectivity index (χ2v) is 8.92. The number of halogens is 1. The van der Waals surface area contributed by atoms with Gasteiger partial charge in [0.2, 0.25) is 0 Å². The van der Waals surface area contributed by atoms with Gasteiger partial charge in [0.15, 0.2) is 5.82 Å². The molecule has 2 aliphatic rings. The Labute approximate surface area is 194 Å². The van der Waals surface area contributed by atoms with Crippen molar-refractivity contribution in [3.63, 3.8) is 0 Å². The minimum Gasteiger partial charge on any atom is -0.497 e. The fourth-order valence-electron chi connectivity index (χ4n) is 5.19. The van der Waals surface area contributed by atoms with Gasteiger partial charge >= 0.3 is 0 Å². The molecule has 0 N–H and O–H groups in total. The van der Waals surface area contributed by atoms with Crippen LogP contribution in [0.5, 0.6) is 5.75 Å². The Morgan fingerprint density at radius 2 is 1.67 bits per heavy atom. The highest BCUT2D eigenvalue weighted by molar-refractivity contribution is 5.49. The lowest BCUT2D eigenvalue weighted by atomic mass is 9.95. The zero-order valence-electron chi connectivity index (χ0n) is 19.1. The standard InChI is InChI=1S/C25H31FN6O/c1-33-21-13-11-19(12-14-21)30-15-17-31(18-16-30)24(22-9-5-6-10-23(22)26)25-27-28-29-32(25)20-7-3-2-4-8-20/h5-6,9-14,20,24H,2-4,7-8,15-18H2,1H3. The van der Waals surface area contributed by atoms with Gasteiger partial charge in [0, 0.05) is 37.4 Å². The van der Waals surface area contributed by atoms with Gasteiger partial charge in [-0.2, -0.15) is 0 Å². The molecule has 1 aliphatic heterocycles. The third kappa shape index (κ3) is 4.57. The van der Waals surface area contributed by atoms with Crippen LogP contribution in [-0.4, -0.2) is 58.4 Å². The van der Waals surface area contributed by atoms with E-state index in [1.807, 2.05) is 28.9 Å². The smallest absolute Gasteiger partial charge is 0.173 e. The molecule has 1 aromatic heterocycles. The van der Waals surface area contributed by atoms with Crippen molar-refractivity contribution in [2.24, 2.45) is 0 Å². The van der Waals surface area contributed by atoms with E-state index >= 15 is 4.39 Å². The predicted molar refractivity (Wildman–Crippen MR) is 125 cm³/mol. The highest BCUT2D eigenvalue weighted by Gasteiger charge is 2.34. The highest BCUT2D eigenvalue weighted by atomic mass is 19.1. The summed E-state index contributed by atoms with van der Waals surface area (Å²) in [5.74, 6) is 1.40. The van der Waals surface area contributed by atoms with Crippen LogP contribution in [0.15, 0.2) is 48.5 Å². The van der Waals surface area contributed by atoms with E-state index in [0.717, 1.165) is 50.6 Å². The van der Waals surface area contributed by atoms with Crippen molar-refractivity contribution in [3.05, 3.63) is 65.7 Å². The van der Waals surface area contributed by atoms with Crippen LogP contribution in [0.3, 0.4) is 0 Å².